The van der Waals surface area contributed by atoms with E-state index in [4.69, 9.17) is 0 Å². The molecule has 5 amide bonds. The summed E-state index contributed by atoms with van der Waals surface area (Å²) in [4.78, 5) is 94.6. The fraction of sp³-hybridized carbons (Fsp3) is 0.220. The van der Waals surface area contributed by atoms with Crippen LogP contribution in [0.1, 0.15) is 226 Å². The number of carbonyl (C=O) groups is 5. The van der Waals surface area contributed by atoms with Crippen molar-refractivity contribution in [3.05, 3.63) is 496 Å². The van der Waals surface area contributed by atoms with Gasteiger partial charge >= 0.3 is 12.4 Å². The first kappa shape index (κ1) is 98.7. The van der Waals surface area contributed by atoms with Gasteiger partial charge in [0.1, 0.15) is 5.82 Å². The Bertz CT molecular complexity index is 8200. The molecule has 25 rings (SSSR count). The van der Waals surface area contributed by atoms with E-state index in [-0.39, 0.29) is 64.8 Å². The number of para-hydroxylation sites is 5. The third kappa shape index (κ3) is 20.0. The Hall–Kier alpha value is -16.4. The van der Waals surface area contributed by atoms with E-state index >= 15 is 0 Å². The van der Waals surface area contributed by atoms with Gasteiger partial charge in [0.15, 0.2) is 0 Å². The summed E-state index contributed by atoms with van der Waals surface area (Å²) in [7, 11) is 0. The summed E-state index contributed by atoms with van der Waals surface area (Å²) in [5, 5.41) is 6.04. The van der Waals surface area contributed by atoms with Gasteiger partial charge in [-0.2, -0.15) is 26.3 Å². The Kier molecular flexibility index (Phi) is 27.5. The zero-order chi connectivity index (χ0) is 103. The van der Waals surface area contributed by atoms with Gasteiger partial charge in [0.2, 0.25) is 5.91 Å². The summed E-state index contributed by atoms with van der Waals surface area (Å²) >= 11 is 0. The van der Waals surface area contributed by atoms with Crippen molar-refractivity contribution in [2.24, 2.45) is 5.92 Å². The van der Waals surface area contributed by atoms with E-state index in [9.17, 15) is 54.7 Å². The number of carbonyl (C=O) groups excluding carboxylic acids is 5. The molecule has 149 heavy (non-hydrogen) atoms. The van der Waals surface area contributed by atoms with Gasteiger partial charge in [0, 0.05) is 144 Å². The van der Waals surface area contributed by atoms with Crippen molar-refractivity contribution in [3.8, 4) is 0 Å². The van der Waals surface area contributed by atoms with Gasteiger partial charge in [0.05, 0.1) is 41.3 Å². The van der Waals surface area contributed by atoms with Crippen molar-refractivity contribution < 1.29 is 54.7 Å². The highest BCUT2D eigenvalue weighted by molar-refractivity contribution is 6.00. The van der Waals surface area contributed by atoms with Crippen LogP contribution in [0.5, 0.6) is 0 Å². The third-order valence-electron chi connectivity index (χ3n) is 30.4. The largest absolute Gasteiger partial charge is 0.416 e. The lowest BCUT2D eigenvalue weighted by Gasteiger charge is -2.37. The third-order valence-corrected chi connectivity index (χ3v) is 30.4. The minimum atomic E-state index is -4.50. The van der Waals surface area contributed by atoms with Crippen LogP contribution in [0.3, 0.4) is 0 Å². The first-order chi connectivity index (χ1) is 72.1. The van der Waals surface area contributed by atoms with Crippen molar-refractivity contribution in [2.75, 3.05) is 32.7 Å². The topological polar surface area (TPSA) is 180 Å². The van der Waals surface area contributed by atoms with Gasteiger partial charge in [-0.1, -0.05) is 277 Å². The molecule has 750 valence electrons. The van der Waals surface area contributed by atoms with Crippen LogP contribution in [-0.4, -0.2) is 112 Å². The second-order valence-electron chi connectivity index (χ2n) is 40.2. The van der Waals surface area contributed by atoms with Crippen molar-refractivity contribution in [1.29, 1.82) is 0 Å². The first-order valence-electron chi connectivity index (χ1n) is 51.1. The van der Waals surface area contributed by atoms with Crippen LogP contribution in [0.25, 0.3) is 54.5 Å². The van der Waals surface area contributed by atoms with Gasteiger partial charge in [-0.25, -0.2) is 4.39 Å². The molecule has 0 bridgehead atoms. The molecule has 1 fully saturated rings. The summed E-state index contributed by atoms with van der Waals surface area (Å²) < 4.78 is 91.9. The molecule has 15 nitrogen and oxygen atoms in total. The zero-order valence-corrected chi connectivity index (χ0v) is 83.6. The zero-order valence-electron chi connectivity index (χ0n) is 83.6. The summed E-state index contributed by atoms with van der Waals surface area (Å²) in [5.41, 5.74) is 29.2. The number of H-pyrrole nitrogens is 5. The normalized spacial score (nSPS) is 16.9. The van der Waals surface area contributed by atoms with Gasteiger partial charge < -0.3 is 49.4 Å². The molecular formula is C127H113F7N10O5. The lowest BCUT2D eigenvalue weighted by Crippen LogP contribution is -2.43. The molecule has 0 saturated heterocycles. The Morgan fingerprint density at radius 3 is 0.799 bits per heavy atom. The van der Waals surface area contributed by atoms with Crippen molar-refractivity contribution >= 4 is 84.1 Å². The number of aromatic nitrogens is 5. The van der Waals surface area contributed by atoms with Gasteiger partial charge in [-0.05, 0) is 251 Å². The average Bonchev–Trinajstić information content (AvgIpc) is 1.63. The van der Waals surface area contributed by atoms with E-state index < -0.39 is 35.4 Å². The molecule has 19 aromatic rings. The minimum absolute atomic E-state index is 0.00477. The molecule has 5 unspecified atom stereocenters. The highest BCUT2D eigenvalue weighted by atomic mass is 19.4. The number of aromatic amines is 5. The molecule has 1 saturated carbocycles. The minimum Gasteiger partial charge on any atom is -0.356 e. The molecule has 5 N–H and O–H groups in total. The molecule has 14 aromatic carbocycles. The summed E-state index contributed by atoms with van der Waals surface area (Å²) in [6, 6.07) is 105. The van der Waals surface area contributed by atoms with E-state index in [1.165, 1.54) is 121 Å². The summed E-state index contributed by atoms with van der Waals surface area (Å²) in [6.07, 6.45) is -0.566. The van der Waals surface area contributed by atoms with E-state index in [2.05, 4.69) is 196 Å². The van der Waals surface area contributed by atoms with Gasteiger partial charge in [-0.3, -0.25) is 24.0 Å². The molecule has 22 heteroatoms. The number of amides is 5. The maximum absolute atomic E-state index is 13.5. The maximum Gasteiger partial charge on any atom is 0.416 e. The Balaban J connectivity index is 0.000000109. The number of nitrogens with one attached hydrogen (secondary N) is 5. The first-order valence-corrected chi connectivity index (χ1v) is 51.1. The summed E-state index contributed by atoms with van der Waals surface area (Å²) in [5.74, 6) is -0.470. The lowest BCUT2D eigenvalue weighted by molar-refractivity contribution is -0.138. The van der Waals surface area contributed by atoms with E-state index in [1.54, 1.807) is 21.9 Å². The van der Waals surface area contributed by atoms with E-state index in [0.29, 0.717) is 50.5 Å². The van der Waals surface area contributed by atoms with Crippen LogP contribution in [0.4, 0.5) is 30.7 Å². The summed E-state index contributed by atoms with van der Waals surface area (Å²) in [6.45, 7) is 15.3. The number of fused-ring (bicyclic) bond motifs is 15. The number of hydrogen-bond donors (Lipinski definition) is 5. The van der Waals surface area contributed by atoms with E-state index in [1.807, 2.05) is 152 Å². The van der Waals surface area contributed by atoms with Crippen LogP contribution in [0, 0.1) is 53.3 Å². The Labute approximate surface area is 859 Å². The Morgan fingerprint density at radius 2 is 0.510 bits per heavy atom. The standard InChI is InChI=1S/2C26H21F3N2O.C26H24N2O.C25H21FN2O.C24H26N2O/c1-16-9-11-17(12-10-16)24-23-21(20-7-2-3-8-22(20)30-23)13-14-31(24)25(32)18-5-4-6-19(15-18)26(27,28)29;1-16-6-8-17(9-7-16)24-23-21(20-4-2-3-5-22(20)30-23)14-15-31(24)25(32)18-10-12-19(13-11-18)26(27,28)29;1-17-10-12-19(13-11-17)25-24-22(21-8-3-4-9-23(21)27-24)14-15-28(25)26(29)20-7-5-6-18(2)16-20;1-16-6-8-17(9-7-16)24-23-21(20-4-2-3-5-22(20)27-23)14-15-28(24)25(29)18-10-12-19(26)13-11-18;1-16-10-12-17(13-11-16)23-22-20(19-8-4-5-9-21(19)25-22)14-15-26(23)24(27)18-6-2-3-7-18/h2-12,15,24,30H,13-14H2,1H3;2-13,24,30H,14-15H2,1H3;3-13,16,25,27H,14-15H2,1-2H3;2-13,24,27H,14-15H2,1H3;4-5,8-13,18,23,25H,2-3,6-7,14-15H2,1H3. The van der Waals surface area contributed by atoms with Gasteiger partial charge in [0.25, 0.3) is 23.6 Å². The second-order valence-corrected chi connectivity index (χ2v) is 40.2. The van der Waals surface area contributed by atoms with Crippen LogP contribution in [0.2, 0.25) is 0 Å². The van der Waals surface area contributed by atoms with Crippen molar-refractivity contribution in [3.63, 3.8) is 0 Å². The smallest absolute Gasteiger partial charge is 0.356 e. The maximum atomic E-state index is 13.5. The highest BCUT2D eigenvalue weighted by Crippen LogP contribution is 2.48. The average molecular weight is 1990 g/mol. The number of rotatable bonds is 10. The SMILES string of the molecule is Cc1ccc(C2c3[nH]c4ccccc4c3CCN2C(=O)C2CCCC2)cc1.Cc1ccc(C2c3[nH]c4ccccc4c3CCN2C(=O)c2ccc(C(F)(F)F)cc2)cc1.Cc1ccc(C2c3[nH]c4ccccc4c3CCN2C(=O)c2ccc(F)cc2)cc1.Cc1ccc(C2c3[nH]c4ccccc4c3CCN2C(=O)c2cccc(C(F)(F)F)c2)cc1.Cc1ccc(C2c3[nH]c4ccccc4c3CCN2C(=O)c2cccc(C)c2)cc1. The van der Waals surface area contributed by atoms with Crippen LogP contribution < -0.4 is 0 Å². The predicted octanol–water partition coefficient (Wildman–Crippen LogP) is 28.7. The highest BCUT2D eigenvalue weighted by Gasteiger charge is 2.44. The number of nitrogens with zero attached hydrogens (tertiary/aromatic N) is 5. The van der Waals surface area contributed by atoms with Crippen molar-refractivity contribution in [1.82, 2.24) is 49.4 Å². The monoisotopic (exact) mass is 1990 g/mol. The molecule has 6 aliphatic rings. The van der Waals surface area contributed by atoms with Crippen LogP contribution >= 0.6 is 0 Å². The molecular weight excluding hydrogens is 1880 g/mol. The van der Waals surface area contributed by atoms with Crippen LogP contribution in [0.15, 0.2) is 340 Å². The fourth-order valence-electron chi connectivity index (χ4n) is 22.9. The molecule has 10 heterocycles. The molecule has 0 radical (unpaired) electrons. The second kappa shape index (κ2) is 41.5. The van der Waals surface area contributed by atoms with E-state index in [0.717, 1.165) is 169 Å². The number of benzene rings is 14. The van der Waals surface area contributed by atoms with Crippen LogP contribution in [-0.2, 0) is 49.3 Å². The molecule has 1 aliphatic carbocycles. The fourth-order valence-corrected chi connectivity index (χ4v) is 22.9. The van der Waals surface area contributed by atoms with Gasteiger partial charge in [-0.15, -0.1) is 0 Å². The van der Waals surface area contributed by atoms with Crippen molar-refractivity contribution in [2.45, 2.75) is 142 Å². The number of hydrogen-bond acceptors (Lipinski definition) is 5. The number of halogens is 7. The Morgan fingerprint density at radius 1 is 0.255 bits per heavy atom. The number of alkyl halides is 6. The molecule has 5 aliphatic heterocycles. The molecule has 5 atom stereocenters. The predicted molar refractivity (Wildman–Crippen MR) is 573 cm³/mol. The molecule has 0 spiro atoms. The molecule has 5 aromatic heterocycles. The number of aryl methyl sites for hydroxylation is 6. The lowest BCUT2D eigenvalue weighted by atomic mass is 9.90. The quantitative estimate of drug-likeness (QED) is 0.0854.